The van der Waals surface area contributed by atoms with Crippen molar-refractivity contribution in [1.29, 1.82) is 5.26 Å². The number of hydrogen-bond donors (Lipinski definition) is 0. The molecule has 0 amide bonds. The average Bonchev–Trinajstić information content (AvgIpc) is 3.44. The fourth-order valence-electron chi connectivity index (χ4n) is 5.56. The first-order valence-corrected chi connectivity index (χ1v) is 18.1. The van der Waals surface area contributed by atoms with E-state index in [-0.39, 0.29) is 18.8 Å². The monoisotopic (exact) mass is 751 g/mol. The van der Waals surface area contributed by atoms with Gasteiger partial charge in [-0.1, -0.05) is 72.0 Å². The van der Waals surface area contributed by atoms with Gasteiger partial charge in [0, 0.05) is 16.0 Å². The summed E-state index contributed by atoms with van der Waals surface area (Å²) in [5.41, 5.74) is 3.95. The number of methoxy groups -OCH3 is 1. The number of carbonyl (C=O) groups excluding carboxylic acids is 1. The Morgan fingerprint density at radius 2 is 1.82 bits per heavy atom. The van der Waals surface area contributed by atoms with E-state index in [0.717, 1.165) is 21.6 Å². The van der Waals surface area contributed by atoms with Crippen molar-refractivity contribution in [3.05, 3.63) is 149 Å². The molecule has 0 radical (unpaired) electrons. The molecule has 0 unspecified atom stereocenters. The first kappa shape index (κ1) is 34.0. The molecule has 0 N–H and O–H groups in total. The van der Waals surface area contributed by atoms with Gasteiger partial charge in [-0.15, -0.1) is 11.8 Å². The van der Waals surface area contributed by atoms with Crippen molar-refractivity contribution in [2.24, 2.45) is 4.99 Å². The molecule has 6 rings (SSSR count). The largest absolute Gasteiger partial charge is 0.493 e. The third kappa shape index (κ3) is 6.99. The van der Waals surface area contributed by atoms with Crippen LogP contribution >= 0.6 is 39.0 Å². The molecular weight excluding hydrogens is 722 g/mol. The standard InChI is InChI=1S/C38H30BrN3O5S2/c1-4-46-37(44)32-33(24-10-6-5-7-11-24)41-38-42(34(32)25-14-16-28(48-3)17-15-25)36(43)31(49-38)20-23-18-29(39)35(30(19-23)45-2)47-22-27-13-9-8-12-26(27)21-40/h5-20,34H,4,22H2,1-3H3/b31-20-/t34-/m0/s1. The fourth-order valence-corrected chi connectivity index (χ4v) is 7.55. The number of carbonyl (C=O) groups is 1. The van der Waals surface area contributed by atoms with Crippen molar-refractivity contribution in [2.45, 2.75) is 24.5 Å². The van der Waals surface area contributed by atoms with Crippen LogP contribution in [0.4, 0.5) is 0 Å². The molecule has 1 atom stereocenters. The molecule has 5 aromatic rings. The Kier molecular flexibility index (Phi) is 10.5. The number of rotatable bonds is 10. The first-order chi connectivity index (χ1) is 23.9. The summed E-state index contributed by atoms with van der Waals surface area (Å²) in [5.74, 6) is 0.389. The highest BCUT2D eigenvalue weighted by Crippen LogP contribution is 2.38. The normalized spacial score (nSPS) is 14.1. The first-order valence-electron chi connectivity index (χ1n) is 15.3. The number of aromatic nitrogens is 1. The van der Waals surface area contributed by atoms with Crippen LogP contribution in [0.3, 0.4) is 0 Å². The van der Waals surface area contributed by atoms with E-state index in [1.165, 1.54) is 11.3 Å². The fraction of sp³-hybridized carbons (Fsp3) is 0.158. The molecule has 0 spiro atoms. The molecule has 0 bridgehead atoms. The minimum absolute atomic E-state index is 0.168. The maximum Gasteiger partial charge on any atom is 0.338 e. The molecule has 0 aliphatic carbocycles. The van der Waals surface area contributed by atoms with Gasteiger partial charge in [0.05, 0.1) is 51.7 Å². The number of nitrogens with zero attached hydrogens (tertiary/aromatic N) is 3. The number of fused-ring (bicyclic) bond motifs is 1. The van der Waals surface area contributed by atoms with Crippen molar-refractivity contribution in [3.8, 4) is 17.6 Å². The zero-order chi connectivity index (χ0) is 34.5. The Morgan fingerprint density at radius 3 is 2.51 bits per heavy atom. The van der Waals surface area contributed by atoms with Crippen LogP contribution in [0, 0.1) is 11.3 Å². The Morgan fingerprint density at radius 1 is 1.08 bits per heavy atom. The lowest BCUT2D eigenvalue weighted by molar-refractivity contribution is -0.138. The molecule has 11 heteroatoms. The van der Waals surface area contributed by atoms with Gasteiger partial charge in [0.2, 0.25) is 0 Å². The van der Waals surface area contributed by atoms with E-state index < -0.39 is 12.0 Å². The maximum absolute atomic E-state index is 14.3. The van der Waals surface area contributed by atoms with Crippen molar-refractivity contribution in [3.63, 3.8) is 0 Å². The van der Waals surface area contributed by atoms with Gasteiger partial charge in [-0.25, -0.2) is 9.79 Å². The number of thiazole rings is 1. The van der Waals surface area contributed by atoms with Gasteiger partial charge in [-0.05, 0) is 76.6 Å². The highest BCUT2D eigenvalue weighted by Gasteiger charge is 2.35. The molecule has 0 saturated heterocycles. The van der Waals surface area contributed by atoms with Gasteiger partial charge in [0.25, 0.3) is 5.56 Å². The zero-order valence-electron chi connectivity index (χ0n) is 26.8. The topological polar surface area (TPSA) is 103 Å². The van der Waals surface area contributed by atoms with Crippen molar-refractivity contribution in [2.75, 3.05) is 20.0 Å². The summed E-state index contributed by atoms with van der Waals surface area (Å²) in [6.45, 7) is 2.10. The third-order valence-corrected chi connectivity index (χ3v) is 10.2. The molecular formula is C38H30BrN3O5S2. The summed E-state index contributed by atoms with van der Waals surface area (Å²) < 4.78 is 20.0. The summed E-state index contributed by atoms with van der Waals surface area (Å²) >= 11 is 6.47. The molecule has 2 heterocycles. The van der Waals surface area contributed by atoms with Gasteiger partial charge in [-0.3, -0.25) is 9.36 Å². The number of nitriles is 1. The SMILES string of the molecule is CCOC(=O)C1=C(c2ccccc2)N=c2s/c(=C\c3cc(Br)c(OCc4ccccc4C#N)c(OC)c3)c(=O)n2[C@H]1c1ccc(SC)cc1. The summed E-state index contributed by atoms with van der Waals surface area (Å²) in [6.07, 6.45) is 3.77. The number of thioether (sulfide) groups is 1. The van der Waals surface area contributed by atoms with Gasteiger partial charge in [-0.2, -0.15) is 5.26 Å². The van der Waals surface area contributed by atoms with Crippen molar-refractivity contribution in [1.82, 2.24) is 4.57 Å². The summed E-state index contributed by atoms with van der Waals surface area (Å²) in [7, 11) is 1.54. The van der Waals surface area contributed by atoms with Crippen LogP contribution in [-0.2, 0) is 16.1 Å². The van der Waals surface area contributed by atoms with Crippen LogP contribution in [0.2, 0.25) is 0 Å². The second-order valence-corrected chi connectivity index (χ2v) is 13.5. The quantitative estimate of drug-likeness (QED) is 0.113. The highest BCUT2D eigenvalue weighted by atomic mass is 79.9. The minimum atomic E-state index is -0.767. The van der Waals surface area contributed by atoms with E-state index in [1.807, 2.05) is 79.1 Å². The zero-order valence-corrected chi connectivity index (χ0v) is 30.0. The Bertz CT molecular complexity index is 2290. The second-order valence-electron chi connectivity index (χ2n) is 10.8. The van der Waals surface area contributed by atoms with Crippen LogP contribution in [0.1, 0.15) is 40.8 Å². The van der Waals surface area contributed by atoms with Crippen molar-refractivity contribution >= 4 is 56.8 Å². The summed E-state index contributed by atoms with van der Waals surface area (Å²) in [5, 5.41) is 9.47. The summed E-state index contributed by atoms with van der Waals surface area (Å²) in [6, 6.07) is 29.6. The second kappa shape index (κ2) is 15.1. The summed E-state index contributed by atoms with van der Waals surface area (Å²) in [4.78, 5) is 34.5. The van der Waals surface area contributed by atoms with E-state index in [2.05, 4.69) is 22.0 Å². The third-order valence-electron chi connectivity index (χ3n) is 7.86. The van der Waals surface area contributed by atoms with E-state index in [0.29, 0.717) is 47.7 Å². The number of hydrogen-bond acceptors (Lipinski definition) is 9. The number of halogens is 1. The predicted octanol–water partition coefficient (Wildman–Crippen LogP) is 6.88. The Balaban J connectivity index is 1.49. The van der Waals surface area contributed by atoms with E-state index in [9.17, 15) is 14.9 Å². The van der Waals surface area contributed by atoms with Crippen LogP contribution in [0.25, 0.3) is 11.8 Å². The number of esters is 1. The number of benzene rings is 4. The molecule has 49 heavy (non-hydrogen) atoms. The van der Waals surface area contributed by atoms with Crippen LogP contribution < -0.4 is 24.4 Å². The van der Waals surface area contributed by atoms with E-state index in [4.69, 9.17) is 19.2 Å². The van der Waals surface area contributed by atoms with Crippen LogP contribution in [-0.4, -0.2) is 30.5 Å². The van der Waals surface area contributed by atoms with Gasteiger partial charge in [0.1, 0.15) is 6.61 Å². The van der Waals surface area contributed by atoms with Crippen LogP contribution in [0.5, 0.6) is 11.5 Å². The molecule has 246 valence electrons. The molecule has 1 aliphatic rings. The molecule has 1 aliphatic heterocycles. The molecule has 4 aromatic carbocycles. The molecule has 1 aromatic heterocycles. The lowest BCUT2D eigenvalue weighted by Gasteiger charge is -2.26. The maximum atomic E-state index is 14.3. The lowest BCUT2D eigenvalue weighted by atomic mass is 9.93. The van der Waals surface area contributed by atoms with Gasteiger partial charge in [0.15, 0.2) is 16.3 Å². The lowest BCUT2D eigenvalue weighted by Crippen LogP contribution is -2.40. The minimum Gasteiger partial charge on any atom is -0.493 e. The smallest absolute Gasteiger partial charge is 0.338 e. The average molecular weight is 753 g/mol. The number of ether oxygens (including phenoxy) is 3. The predicted molar refractivity (Wildman–Crippen MR) is 195 cm³/mol. The van der Waals surface area contributed by atoms with Gasteiger partial charge >= 0.3 is 5.97 Å². The highest BCUT2D eigenvalue weighted by molar-refractivity contribution is 9.10. The van der Waals surface area contributed by atoms with Gasteiger partial charge < -0.3 is 14.2 Å². The van der Waals surface area contributed by atoms with E-state index >= 15 is 0 Å². The Labute approximate surface area is 299 Å². The van der Waals surface area contributed by atoms with Crippen LogP contribution in [0.15, 0.2) is 116 Å². The molecule has 8 nitrogen and oxygen atoms in total. The van der Waals surface area contributed by atoms with Crippen molar-refractivity contribution < 1.29 is 19.0 Å². The molecule has 0 fully saturated rings. The Hall–Kier alpha value is -4.89. The molecule has 0 saturated carbocycles. The van der Waals surface area contributed by atoms with E-state index in [1.54, 1.807) is 54.6 Å².